The van der Waals surface area contributed by atoms with Crippen LogP contribution in [0, 0.1) is 0 Å². The Morgan fingerprint density at radius 2 is 0.854 bits per heavy atom. The number of rotatable bonds is 6. The molecule has 0 aromatic heterocycles. The van der Waals surface area contributed by atoms with Crippen molar-refractivity contribution in [3.05, 3.63) is 80.9 Å². The van der Waals surface area contributed by atoms with Crippen LogP contribution >= 0.6 is 0 Å². The molecule has 2 aromatic carbocycles. The third-order valence-electron chi connectivity index (χ3n) is 6.84. The average molecular weight is 560 g/mol. The number of esters is 2. The normalized spacial score (nSPS) is 15.3. The summed E-state index contributed by atoms with van der Waals surface area (Å²) in [4.78, 5) is 102. The van der Waals surface area contributed by atoms with Crippen molar-refractivity contribution < 1.29 is 53.3 Å². The van der Waals surface area contributed by atoms with E-state index in [2.05, 4.69) is 0 Å². The van der Waals surface area contributed by atoms with Crippen LogP contribution in [-0.4, -0.2) is 57.7 Å². The fourth-order valence-corrected chi connectivity index (χ4v) is 4.37. The number of carboxylic acid groups (broad SMARTS) is 2. The van der Waals surface area contributed by atoms with E-state index in [0.717, 1.165) is 36.4 Å². The van der Waals surface area contributed by atoms with Crippen LogP contribution in [0.2, 0.25) is 0 Å². The maximum absolute atomic E-state index is 13.0. The molecule has 2 aromatic rings. The number of amides is 4. The number of carbonyl (C=O) groups is 8. The molecule has 0 spiro atoms. The topological polar surface area (TPSA) is 193 Å². The second kappa shape index (κ2) is 10.1. The Labute approximate surface area is 230 Å². The average Bonchev–Trinajstić information content (AvgIpc) is 3.24. The third kappa shape index (κ3) is 4.38. The van der Waals surface area contributed by atoms with Gasteiger partial charge in [-0.15, -0.1) is 0 Å². The van der Waals surface area contributed by atoms with Gasteiger partial charge in [-0.05, 0) is 52.0 Å². The quantitative estimate of drug-likeness (QED) is 0.299. The number of ether oxygens (including phenoxy) is 1. The van der Waals surface area contributed by atoms with E-state index in [9.17, 15) is 48.6 Å². The van der Waals surface area contributed by atoms with Crippen molar-refractivity contribution in [2.45, 2.75) is 27.7 Å². The molecule has 208 valence electrons. The van der Waals surface area contributed by atoms with E-state index in [4.69, 9.17) is 4.74 Å². The van der Waals surface area contributed by atoms with Crippen molar-refractivity contribution in [2.24, 2.45) is 0 Å². The summed E-state index contributed by atoms with van der Waals surface area (Å²) in [5, 5.41) is 19.7. The van der Waals surface area contributed by atoms with Gasteiger partial charge < -0.3 is 14.9 Å². The maximum Gasteiger partial charge on any atom is 0.346 e. The Bertz CT molecular complexity index is 1550. The molecule has 0 saturated heterocycles. The molecular weight excluding hydrogens is 540 g/mol. The first-order chi connectivity index (χ1) is 19.2. The number of aromatic carboxylic acids is 2. The highest BCUT2D eigenvalue weighted by atomic mass is 16.6. The summed E-state index contributed by atoms with van der Waals surface area (Å²) in [6.45, 7) is 5.51. The summed E-state index contributed by atoms with van der Waals surface area (Å²) >= 11 is 0. The zero-order valence-corrected chi connectivity index (χ0v) is 21.9. The van der Waals surface area contributed by atoms with Gasteiger partial charge in [0.05, 0.1) is 33.6 Å². The predicted molar refractivity (Wildman–Crippen MR) is 138 cm³/mol. The van der Waals surface area contributed by atoms with Gasteiger partial charge in [-0.3, -0.25) is 19.2 Å². The van der Waals surface area contributed by atoms with Crippen LogP contribution in [0.25, 0.3) is 0 Å². The van der Waals surface area contributed by atoms with Gasteiger partial charge in [0.25, 0.3) is 23.6 Å². The van der Waals surface area contributed by atoms with E-state index in [0.29, 0.717) is 9.80 Å². The molecule has 2 heterocycles. The van der Waals surface area contributed by atoms with Gasteiger partial charge in [-0.25, -0.2) is 29.0 Å². The fraction of sp³-hybridized carbons (Fsp3) is 0.143. The van der Waals surface area contributed by atoms with Crippen molar-refractivity contribution in [1.29, 1.82) is 0 Å². The third-order valence-corrected chi connectivity index (χ3v) is 6.84. The molecule has 4 rings (SSSR count). The minimum absolute atomic E-state index is 0.0751. The van der Waals surface area contributed by atoms with Crippen LogP contribution in [0.3, 0.4) is 0 Å². The lowest BCUT2D eigenvalue weighted by molar-refractivity contribution is -0.122. The molecule has 2 aliphatic heterocycles. The number of anilines is 2. The Morgan fingerprint density at radius 3 is 1.12 bits per heavy atom. The zero-order valence-electron chi connectivity index (χ0n) is 21.9. The van der Waals surface area contributed by atoms with Crippen LogP contribution in [-0.2, 0) is 23.9 Å². The van der Waals surface area contributed by atoms with Crippen LogP contribution < -0.4 is 9.80 Å². The van der Waals surface area contributed by atoms with Gasteiger partial charge in [0.15, 0.2) is 0 Å². The molecule has 13 heteroatoms. The molecule has 0 aliphatic carbocycles. The molecule has 0 bridgehead atoms. The smallest absolute Gasteiger partial charge is 0.346 e. The number of imide groups is 2. The van der Waals surface area contributed by atoms with E-state index in [1.165, 1.54) is 27.7 Å². The van der Waals surface area contributed by atoms with Crippen molar-refractivity contribution >= 4 is 58.9 Å². The van der Waals surface area contributed by atoms with Gasteiger partial charge in [0.1, 0.15) is 0 Å². The molecule has 0 radical (unpaired) electrons. The zero-order chi connectivity index (χ0) is 30.5. The van der Waals surface area contributed by atoms with E-state index in [1.807, 2.05) is 0 Å². The minimum Gasteiger partial charge on any atom is -0.478 e. The largest absolute Gasteiger partial charge is 0.478 e. The van der Waals surface area contributed by atoms with Crippen LogP contribution in [0.1, 0.15) is 69.1 Å². The molecule has 41 heavy (non-hydrogen) atoms. The van der Waals surface area contributed by atoms with E-state index in [-0.39, 0.29) is 22.3 Å². The molecule has 4 amide bonds. The van der Waals surface area contributed by atoms with Gasteiger partial charge in [0, 0.05) is 22.3 Å². The summed E-state index contributed by atoms with van der Waals surface area (Å²) in [7, 11) is 0. The summed E-state index contributed by atoms with van der Waals surface area (Å²) in [6.07, 6.45) is 0. The molecular formula is C28H20N2O11. The summed E-state index contributed by atoms with van der Waals surface area (Å²) < 4.78 is 4.83. The molecule has 0 unspecified atom stereocenters. The number of carbonyl (C=O) groups excluding carboxylic acids is 6. The lowest BCUT2D eigenvalue weighted by Gasteiger charge is -2.20. The van der Waals surface area contributed by atoms with Crippen molar-refractivity contribution in [2.75, 3.05) is 9.80 Å². The maximum atomic E-state index is 13.0. The molecule has 2 N–H and O–H groups in total. The van der Waals surface area contributed by atoms with Crippen molar-refractivity contribution in [1.82, 2.24) is 0 Å². The highest BCUT2D eigenvalue weighted by Gasteiger charge is 2.40. The Kier molecular flexibility index (Phi) is 6.98. The van der Waals surface area contributed by atoms with Gasteiger partial charge in [0.2, 0.25) is 0 Å². The van der Waals surface area contributed by atoms with Crippen LogP contribution in [0.4, 0.5) is 11.4 Å². The van der Waals surface area contributed by atoms with Crippen LogP contribution in [0.15, 0.2) is 58.7 Å². The number of hydrogen-bond acceptors (Lipinski definition) is 9. The van der Waals surface area contributed by atoms with E-state index in [1.54, 1.807) is 0 Å². The van der Waals surface area contributed by atoms with E-state index < -0.39 is 81.1 Å². The Hall–Kier alpha value is -5.72. The van der Waals surface area contributed by atoms with Gasteiger partial charge in [-0.2, -0.15) is 0 Å². The number of benzene rings is 2. The molecule has 13 nitrogen and oxygen atoms in total. The standard InChI is InChI=1S/C28H20N2O11/c1-11-12(2)22(32)29(21(11)31)17-9-5-7-15(19(17)25(35)36)27(39)41-28(40)16-8-6-10-18(20(16)26(37)38)30-23(33)13(3)14(4)24(30)34/h5-10H,1-4H3,(H,35,36)(H,37,38). The highest BCUT2D eigenvalue weighted by molar-refractivity contribution is 6.35. The summed E-state index contributed by atoms with van der Waals surface area (Å²) in [6, 6.07) is 6.54. The first kappa shape index (κ1) is 28.3. The number of hydrogen-bond donors (Lipinski definition) is 2. The predicted octanol–water partition coefficient (Wildman–Crippen LogP) is 2.50. The fourth-order valence-electron chi connectivity index (χ4n) is 4.37. The second-order valence-corrected chi connectivity index (χ2v) is 9.08. The number of nitrogens with zero attached hydrogens (tertiary/aromatic N) is 2. The van der Waals surface area contributed by atoms with Gasteiger partial charge in [-0.1, -0.05) is 12.1 Å². The summed E-state index contributed by atoms with van der Waals surface area (Å²) in [5.74, 6) is -9.70. The monoisotopic (exact) mass is 560 g/mol. The van der Waals surface area contributed by atoms with Crippen LogP contribution in [0.5, 0.6) is 0 Å². The molecule has 0 atom stereocenters. The highest BCUT2D eigenvalue weighted by Crippen LogP contribution is 2.33. The van der Waals surface area contributed by atoms with Gasteiger partial charge >= 0.3 is 23.9 Å². The molecule has 0 saturated carbocycles. The summed E-state index contributed by atoms with van der Waals surface area (Å²) in [5.41, 5.74) is -3.63. The second-order valence-electron chi connectivity index (χ2n) is 9.08. The first-order valence-electron chi connectivity index (χ1n) is 11.8. The Balaban J connectivity index is 1.74. The van der Waals surface area contributed by atoms with Crippen molar-refractivity contribution in [3.63, 3.8) is 0 Å². The van der Waals surface area contributed by atoms with Crippen molar-refractivity contribution in [3.8, 4) is 0 Å². The number of carboxylic acids is 2. The molecule has 0 fully saturated rings. The lowest BCUT2D eigenvalue weighted by atomic mass is 10.0. The Morgan fingerprint density at radius 1 is 0.561 bits per heavy atom. The minimum atomic E-state index is -1.72. The SMILES string of the molecule is CC1=C(C)C(=O)N(c2cccc(C(=O)OC(=O)c3cccc(N4C(=O)C(C)=C(C)C4=O)c3C(=O)O)c2C(=O)O)C1=O. The lowest BCUT2D eigenvalue weighted by Crippen LogP contribution is -2.34. The first-order valence-corrected chi connectivity index (χ1v) is 11.8. The van der Waals surface area contributed by atoms with E-state index >= 15 is 0 Å². The molecule has 2 aliphatic rings.